The van der Waals surface area contributed by atoms with E-state index in [1.54, 1.807) is 11.8 Å². The zero-order chi connectivity index (χ0) is 15.1. The van der Waals surface area contributed by atoms with Crippen molar-refractivity contribution in [2.24, 2.45) is 0 Å². The maximum absolute atomic E-state index is 6.21. The van der Waals surface area contributed by atoms with E-state index in [1.807, 2.05) is 30.3 Å². The maximum Gasteiger partial charge on any atom is 0.0541 e. The van der Waals surface area contributed by atoms with E-state index in [4.69, 9.17) is 23.2 Å². The van der Waals surface area contributed by atoms with Crippen molar-refractivity contribution in [1.82, 2.24) is 5.32 Å². The molecule has 0 aliphatic carbocycles. The highest BCUT2D eigenvalue weighted by atomic mass is 35.5. The highest BCUT2D eigenvalue weighted by Crippen LogP contribution is 2.27. The fraction of sp³-hybridized carbons (Fsp3) is 0.294. The SMILES string of the molecule is CCNC(CSc1ccccc1Cl)Cc1ccc(Cl)cc1. The zero-order valence-corrected chi connectivity index (χ0v) is 14.3. The van der Waals surface area contributed by atoms with Crippen molar-refractivity contribution in [3.63, 3.8) is 0 Å². The number of nitrogens with one attached hydrogen (secondary N) is 1. The van der Waals surface area contributed by atoms with E-state index >= 15 is 0 Å². The monoisotopic (exact) mass is 339 g/mol. The van der Waals surface area contributed by atoms with Crippen molar-refractivity contribution in [3.05, 3.63) is 64.1 Å². The van der Waals surface area contributed by atoms with Gasteiger partial charge in [0.25, 0.3) is 0 Å². The summed E-state index contributed by atoms with van der Waals surface area (Å²) in [5.41, 5.74) is 1.30. The number of rotatable bonds is 7. The summed E-state index contributed by atoms with van der Waals surface area (Å²) in [4.78, 5) is 1.14. The number of likely N-dealkylation sites (N-methyl/N-ethyl adjacent to an activating group) is 1. The molecule has 0 spiro atoms. The Hall–Kier alpha value is -0.670. The van der Waals surface area contributed by atoms with Crippen molar-refractivity contribution in [3.8, 4) is 0 Å². The summed E-state index contributed by atoms with van der Waals surface area (Å²) >= 11 is 13.9. The molecule has 1 N–H and O–H groups in total. The van der Waals surface area contributed by atoms with Crippen LogP contribution in [0.15, 0.2) is 53.4 Å². The van der Waals surface area contributed by atoms with E-state index in [9.17, 15) is 0 Å². The van der Waals surface area contributed by atoms with Crippen LogP contribution in [0, 0.1) is 0 Å². The van der Waals surface area contributed by atoms with Crippen LogP contribution in [0.2, 0.25) is 10.0 Å². The molecule has 0 aliphatic rings. The largest absolute Gasteiger partial charge is 0.313 e. The highest BCUT2D eigenvalue weighted by Gasteiger charge is 2.10. The Morgan fingerprint density at radius 2 is 1.76 bits per heavy atom. The van der Waals surface area contributed by atoms with Gasteiger partial charge in [0.15, 0.2) is 0 Å². The molecule has 112 valence electrons. The Balaban J connectivity index is 1.95. The van der Waals surface area contributed by atoms with Gasteiger partial charge in [-0.25, -0.2) is 0 Å². The van der Waals surface area contributed by atoms with Crippen LogP contribution in [0.3, 0.4) is 0 Å². The molecule has 1 unspecified atom stereocenters. The van der Waals surface area contributed by atoms with Crippen LogP contribution in [0.25, 0.3) is 0 Å². The van der Waals surface area contributed by atoms with E-state index in [1.165, 1.54) is 5.56 Å². The molecule has 0 heterocycles. The van der Waals surface area contributed by atoms with Gasteiger partial charge < -0.3 is 5.32 Å². The van der Waals surface area contributed by atoms with Crippen molar-refractivity contribution < 1.29 is 0 Å². The lowest BCUT2D eigenvalue weighted by Crippen LogP contribution is -2.33. The molecule has 0 saturated heterocycles. The Labute approximate surface area is 141 Å². The number of halogens is 2. The molecule has 21 heavy (non-hydrogen) atoms. The van der Waals surface area contributed by atoms with Gasteiger partial charge in [0.05, 0.1) is 5.02 Å². The van der Waals surface area contributed by atoms with Crippen LogP contribution >= 0.6 is 35.0 Å². The standard InChI is InChI=1S/C17H19Cl2NS/c1-2-20-15(11-13-7-9-14(18)10-8-13)12-21-17-6-4-3-5-16(17)19/h3-10,15,20H,2,11-12H2,1H3. The average molecular weight is 340 g/mol. The van der Waals surface area contributed by atoms with Gasteiger partial charge in [0.1, 0.15) is 0 Å². The molecule has 4 heteroatoms. The summed E-state index contributed by atoms with van der Waals surface area (Å²) in [6, 6.07) is 16.5. The molecule has 1 nitrogen and oxygen atoms in total. The third kappa shape index (κ3) is 5.55. The lowest BCUT2D eigenvalue weighted by Gasteiger charge is -2.18. The van der Waals surface area contributed by atoms with Gasteiger partial charge in [-0.3, -0.25) is 0 Å². The third-order valence-electron chi connectivity index (χ3n) is 3.16. The second-order valence-corrected chi connectivity index (χ2v) is 6.73. The Morgan fingerprint density at radius 1 is 1.05 bits per heavy atom. The quantitative estimate of drug-likeness (QED) is 0.686. The van der Waals surface area contributed by atoms with E-state index in [0.717, 1.165) is 33.7 Å². The lowest BCUT2D eigenvalue weighted by molar-refractivity contribution is 0.572. The van der Waals surface area contributed by atoms with E-state index in [-0.39, 0.29) is 0 Å². The summed E-state index contributed by atoms with van der Waals surface area (Å²) in [6.07, 6.45) is 0.989. The molecule has 0 aromatic heterocycles. The van der Waals surface area contributed by atoms with Crippen molar-refractivity contribution >= 4 is 35.0 Å². The maximum atomic E-state index is 6.21. The van der Waals surface area contributed by atoms with Crippen LogP contribution in [0.1, 0.15) is 12.5 Å². The molecular formula is C17H19Cl2NS. The van der Waals surface area contributed by atoms with Crippen LogP contribution < -0.4 is 5.32 Å². The minimum absolute atomic E-state index is 0.414. The number of hydrogen-bond donors (Lipinski definition) is 1. The normalized spacial score (nSPS) is 12.3. The second kappa shape index (κ2) is 8.70. The summed E-state index contributed by atoms with van der Waals surface area (Å²) < 4.78 is 0. The van der Waals surface area contributed by atoms with E-state index in [0.29, 0.717) is 6.04 Å². The van der Waals surface area contributed by atoms with Gasteiger partial charge in [-0.05, 0) is 42.8 Å². The van der Waals surface area contributed by atoms with E-state index < -0.39 is 0 Å². The van der Waals surface area contributed by atoms with Gasteiger partial charge in [0.2, 0.25) is 0 Å². The Bertz CT molecular complexity index is 557. The van der Waals surface area contributed by atoms with Crippen molar-refractivity contribution in [2.75, 3.05) is 12.3 Å². The number of benzene rings is 2. The van der Waals surface area contributed by atoms with Crippen LogP contribution in [-0.4, -0.2) is 18.3 Å². The summed E-state index contributed by atoms with van der Waals surface area (Å²) in [7, 11) is 0. The molecule has 0 fully saturated rings. The molecule has 0 saturated carbocycles. The van der Waals surface area contributed by atoms with Gasteiger partial charge in [-0.1, -0.05) is 54.4 Å². The first kappa shape index (κ1) is 16.7. The van der Waals surface area contributed by atoms with Crippen molar-refractivity contribution in [1.29, 1.82) is 0 Å². The Morgan fingerprint density at radius 3 is 2.43 bits per heavy atom. The molecule has 2 rings (SSSR count). The molecule has 0 amide bonds. The van der Waals surface area contributed by atoms with E-state index in [2.05, 4.69) is 30.4 Å². The molecule has 0 bridgehead atoms. The first-order chi connectivity index (χ1) is 10.2. The summed E-state index contributed by atoms with van der Waals surface area (Å²) in [5, 5.41) is 5.14. The third-order valence-corrected chi connectivity index (χ3v) is 5.09. The molecular weight excluding hydrogens is 321 g/mol. The molecule has 2 aromatic rings. The van der Waals surface area contributed by atoms with Crippen LogP contribution in [0.4, 0.5) is 0 Å². The fourth-order valence-electron chi connectivity index (χ4n) is 2.14. The van der Waals surface area contributed by atoms with Crippen LogP contribution in [-0.2, 0) is 6.42 Å². The molecule has 1 atom stereocenters. The molecule has 2 aromatic carbocycles. The highest BCUT2D eigenvalue weighted by molar-refractivity contribution is 7.99. The van der Waals surface area contributed by atoms with Gasteiger partial charge in [-0.2, -0.15) is 0 Å². The Kier molecular flexibility index (Phi) is 6.91. The first-order valence-corrected chi connectivity index (χ1v) is 8.78. The average Bonchev–Trinajstić information content (AvgIpc) is 2.49. The van der Waals surface area contributed by atoms with Crippen LogP contribution in [0.5, 0.6) is 0 Å². The summed E-state index contributed by atoms with van der Waals surface area (Å²) in [5.74, 6) is 0.986. The molecule has 0 radical (unpaired) electrons. The lowest BCUT2D eigenvalue weighted by atomic mass is 10.1. The number of thioether (sulfide) groups is 1. The zero-order valence-electron chi connectivity index (χ0n) is 12.0. The van der Waals surface area contributed by atoms with Gasteiger partial charge >= 0.3 is 0 Å². The summed E-state index contributed by atoms with van der Waals surface area (Å²) in [6.45, 7) is 3.09. The molecule has 0 aliphatic heterocycles. The second-order valence-electron chi connectivity index (χ2n) is 4.83. The smallest absolute Gasteiger partial charge is 0.0541 e. The predicted octanol–water partition coefficient (Wildman–Crippen LogP) is 5.31. The fourth-order valence-corrected chi connectivity index (χ4v) is 3.56. The van der Waals surface area contributed by atoms with Gasteiger partial charge in [-0.15, -0.1) is 11.8 Å². The number of hydrogen-bond acceptors (Lipinski definition) is 2. The minimum atomic E-state index is 0.414. The first-order valence-electron chi connectivity index (χ1n) is 7.04. The minimum Gasteiger partial charge on any atom is -0.313 e. The van der Waals surface area contributed by atoms with Gasteiger partial charge in [0, 0.05) is 21.7 Å². The predicted molar refractivity (Wildman–Crippen MR) is 94.8 cm³/mol. The van der Waals surface area contributed by atoms with Crippen molar-refractivity contribution in [2.45, 2.75) is 24.3 Å². The topological polar surface area (TPSA) is 12.0 Å².